The third-order valence-electron chi connectivity index (χ3n) is 4.99. The van der Waals surface area contributed by atoms with Crippen molar-refractivity contribution in [2.45, 2.75) is 38.3 Å². The Morgan fingerprint density at radius 3 is 2.96 bits per heavy atom. The molecule has 0 unspecified atom stereocenters. The Bertz CT molecular complexity index is 849. The van der Waals surface area contributed by atoms with E-state index in [0.717, 1.165) is 30.4 Å². The van der Waals surface area contributed by atoms with Crippen LogP contribution in [0.15, 0.2) is 48.5 Å². The van der Waals surface area contributed by atoms with Gasteiger partial charge in [0.25, 0.3) is 0 Å². The first kappa shape index (κ1) is 20.6. The maximum Gasteiger partial charge on any atom is 0.330 e. The predicted molar refractivity (Wildman–Crippen MR) is 112 cm³/mol. The van der Waals surface area contributed by atoms with Gasteiger partial charge in [0.05, 0.1) is 12.7 Å². The van der Waals surface area contributed by atoms with E-state index in [-0.39, 0.29) is 5.97 Å². The maximum absolute atomic E-state index is 11.5. The normalized spacial score (nSPS) is 17.3. The van der Waals surface area contributed by atoms with Crippen molar-refractivity contribution in [3.05, 3.63) is 75.8 Å². The molecule has 0 heterocycles. The van der Waals surface area contributed by atoms with Crippen LogP contribution in [0.3, 0.4) is 0 Å². The smallest absolute Gasteiger partial charge is 0.330 e. The number of rotatable bonds is 7. The molecule has 2 aromatic rings. The zero-order valence-corrected chi connectivity index (χ0v) is 16.8. The summed E-state index contributed by atoms with van der Waals surface area (Å²) in [6.07, 6.45) is 5.61. The highest BCUT2D eigenvalue weighted by atomic mass is 35.5. The molecule has 2 atom stereocenters. The van der Waals surface area contributed by atoms with Gasteiger partial charge in [0.15, 0.2) is 0 Å². The predicted octanol–water partition coefficient (Wildman–Crippen LogP) is 4.10. The summed E-state index contributed by atoms with van der Waals surface area (Å²) in [6, 6.07) is 13.9. The number of aryl methyl sites for hydroxylation is 1. The highest BCUT2D eigenvalue weighted by Crippen LogP contribution is 2.24. The molecule has 148 valence electrons. The van der Waals surface area contributed by atoms with E-state index < -0.39 is 6.10 Å². The van der Waals surface area contributed by atoms with E-state index in [4.69, 9.17) is 16.3 Å². The molecule has 4 nitrogen and oxygen atoms in total. The van der Waals surface area contributed by atoms with Crippen LogP contribution in [-0.4, -0.2) is 30.3 Å². The molecular formula is C23H26ClNO3. The Morgan fingerprint density at radius 2 is 2.18 bits per heavy atom. The van der Waals surface area contributed by atoms with Gasteiger partial charge in [-0.3, -0.25) is 0 Å². The number of aliphatic hydroxyl groups is 1. The summed E-state index contributed by atoms with van der Waals surface area (Å²) in [6.45, 7) is 2.66. The standard InChI is InChI=1S/C23H26ClNO3/c1-2-28-23(27)11-7-16-6-8-17-9-10-21(14-19(17)12-16)25-15-22(26)18-4-3-5-20(24)13-18/h3-8,11-13,21-22,25-26H,2,9-10,14-15H2,1H3/t21-,22-/m0/s1. The van der Waals surface area contributed by atoms with E-state index in [1.807, 2.05) is 18.2 Å². The number of ether oxygens (including phenoxy) is 1. The van der Waals surface area contributed by atoms with Gasteiger partial charge in [-0.25, -0.2) is 4.79 Å². The second-order valence-corrected chi connectivity index (χ2v) is 7.47. The molecule has 1 aliphatic carbocycles. The SMILES string of the molecule is CCOC(=O)C=Cc1ccc2c(c1)C[C@@H](NC[C@H](O)c1cccc(Cl)c1)CC2. The number of nitrogens with one attached hydrogen (secondary N) is 1. The quantitative estimate of drug-likeness (QED) is 0.543. The number of esters is 1. The molecular weight excluding hydrogens is 374 g/mol. The van der Waals surface area contributed by atoms with Gasteiger partial charge in [0, 0.05) is 23.7 Å². The summed E-state index contributed by atoms with van der Waals surface area (Å²) in [4.78, 5) is 11.5. The molecule has 0 bridgehead atoms. The van der Waals surface area contributed by atoms with Crippen LogP contribution >= 0.6 is 11.6 Å². The van der Waals surface area contributed by atoms with Crippen LogP contribution in [0.4, 0.5) is 0 Å². The Kier molecular flexibility index (Phi) is 7.26. The first-order valence-electron chi connectivity index (χ1n) is 9.68. The van der Waals surface area contributed by atoms with Gasteiger partial charge in [0.1, 0.15) is 0 Å². The van der Waals surface area contributed by atoms with E-state index in [9.17, 15) is 9.90 Å². The number of halogens is 1. The topological polar surface area (TPSA) is 58.6 Å². The van der Waals surface area contributed by atoms with Gasteiger partial charge >= 0.3 is 5.97 Å². The highest BCUT2D eigenvalue weighted by molar-refractivity contribution is 6.30. The van der Waals surface area contributed by atoms with Crippen molar-refractivity contribution in [3.8, 4) is 0 Å². The fourth-order valence-corrected chi connectivity index (χ4v) is 3.72. The molecule has 2 aromatic carbocycles. The molecule has 5 heteroatoms. The molecule has 0 aliphatic heterocycles. The van der Waals surface area contributed by atoms with Crippen molar-refractivity contribution < 1.29 is 14.6 Å². The molecule has 0 spiro atoms. The third kappa shape index (κ3) is 5.68. The molecule has 2 N–H and O–H groups in total. The molecule has 0 amide bonds. The van der Waals surface area contributed by atoms with Crippen molar-refractivity contribution in [1.29, 1.82) is 0 Å². The minimum Gasteiger partial charge on any atom is -0.463 e. The molecule has 28 heavy (non-hydrogen) atoms. The lowest BCUT2D eigenvalue weighted by Crippen LogP contribution is -2.37. The van der Waals surface area contributed by atoms with Crippen molar-refractivity contribution in [2.24, 2.45) is 0 Å². The maximum atomic E-state index is 11.5. The summed E-state index contributed by atoms with van der Waals surface area (Å²) in [5.41, 5.74) is 4.45. The van der Waals surface area contributed by atoms with Crippen LogP contribution < -0.4 is 5.32 Å². The molecule has 3 rings (SSSR count). The van der Waals surface area contributed by atoms with Crippen LogP contribution in [0, 0.1) is 0 Å². The van der Waals surface area contributed by atoms with Gasteiger partial charge in [0.2, 0.25) is 0 Å². The van der Waals surface area contributed by atoms with E-state index in [0.29, 0.717) is 24.2 Å². The minimum atomic E-state index is -0.584. The van der Waals surface area contributed by atoms with E-state index in [2.05, 4.69) is 17.4 Å². The van der Waals surface area contributed by atoms with Gasteiger partial charge < -0.3 is 15.2 Å². The fourth-order valence-electron chi connectivity index (χ4n) is 3.52. The van der Waals surface area contributed by atoms with Crippen LogP contribution in [0.5, 0.6) is 0 Å². The van der Waals surface area contributed by atoms with Crippen LogP contribution in [0.25, 0.3) is 6.08 Å². The summed E-state index contributed by atoms with van der Waals surface area (Å²) in [7, 11) is 0. The number of carbonyl (C=O) groups is 1. The fraction of sp³-hybridized carbons (Fsp3) is 0.348. The molecule has 0 saturated heterocycles. The molecule has 0 saturated carbocycles. The second kappa shape index (κ2) is 9.87. The monoisotopic (exact) mass is 399 g/mol. The number of benzene rings is 2. The van der Waals surface area contributed by atoms with Crippen molar-refractivity contribution in [1.82, 2.24) is 5.32 Å². The minimum absolute atomic E-state index is 0.311. The summed E-state index contributed by atoms with van der Waals surface area (Å²) in [5.74, 6) is -0.324. The largest absolute Gasteiger partial charge is 0.463 e. The Balaban J connectivity index is 1.58. The van der Waals surface area contributed by atoms with Gasteiger partial charge in [-0.1, -0.05) is 41.9 Å². The van der Waals surface area contributed by atoms with Gasteiger partial charge in [-0.15, -0.1) is 0 Å². The van der Waals surface area contributed by atoms with E-state index >= 15 is 0 Å². The highest BCUT2D eigenvalue weighted by Gasteiger charge is 2.19. The number of hydrogen-bond acceptors (Lipinski definition) is 4. The zero-order valence-electron chi connectivity index (χ0n) is 16.0. The van der Waals surface area contributed by atoms with Crippen LogP contribution in [-0.2, 0) is 22.4 Å². The molecule has 1 aliphatic rings. The van der Waals surface area contributed by atoms with Gasteiger partial charge in [-0.05, 0) is 66.6 Å². The average molecular weight is 400 g/mol. The van der Waals surface area contributed by atoms with E-state index in [1.165, 1.54) is 17.2 Å². The zero-order chi connectivity index (χ0) is 19.9. The summed E-state index contributed by atoms with van der Waals surface area (Å²) >= 11 is 6.01. The lowest BCUT2D eigenvalue weighted by molar-refractivity contribution is -0.137. The number of hydrogen-bond donors (Lipinski definition) is 2. The first-order valence-corrected chi connectivity index (χ1v) is 10.1. The summed E-state index contributed by atoms with van der Waals surface area (Å²) in [5, 5.41) is 14.5. The number of fused-ring (bicyclic) bond motifs is 1. The van der Waals surface area contributed by atoms with Crippen LogP contribution in [0.2, 0.25) is 5.02 Å². The third-order valence-corrected chi connectivity index (χ3v) is 5.23. The van der Waals surface area contributed by atoms with E-state index in [1.54, 1.807) is 25.1 Å². The molecule has 0 radical (unpaired) electrons. The van der Waals surface area contributed by atoms with Crippen molar-refractivity contribution >= 4 is 23.6 Å². The summed E-state index contributed by atoms with van der Waals surface area (Å²) < 4.78 is 4.92. The lowest BCUT2D eigenvalue weighted by atomic mass is 9.87. The van der Waals surface area contributed by atoms with Gasteiger partial charge in [-0.2, -0.15) is 0 Å². The molecule has 0 aromatic heterocycles. The lowest BCUT2D eigenvalue weighted by Gasteiger charge is -2.27. The van der Waals surface area contributed by atoms with Crippen LogP contribution in [0.1, 0.15) is 41.7 Å². The second-order valence-electron chi connectivity index (χ2n) is 7.03. The Hall–Kier alpha value is -2.14. The van der Waals surface area contributed by atoms with Crippen molar-refractivity contribution in [3.63, 3.8) is 0 Å². The van der Waals surface area contributed by atoms with Crippen molar-refractivity contribution in [2.75, 3.05) is 13.2 Å². The Labute approximate surface area is 171 Å². The number of aliphatic hydroxyl groups excluding tert-OH is 1. The molecule has 0 fully saturated rings. The number of carbonyl (C=O) groups excluding carboxylic acids is 1. The first-order chi connectivity index (χ1) is 13.5. The Morgan fingerprint density at radius 1 is 1.32 bits per heavy atom. The average Bonchev–Trinajstić information content (AvgIpc) is 2.70.